The van der Waals surface area contributed by atoms with Crippen LogP contribution in [0, 0.1) is 5.92 Å². The summed E-state index contributed by atoms with van der Waals surface area (Å²) in [5.74, 6) is -1.95. The number of rotatable bonds is 9. The number of Topliss-reactive ketones (excluding diaryl/α,β-unsaturated/α-hetero) is 1. The van der Waals surface area contributed by atoms with E-state index in [1.54, 1.807) is 20.8 Å². The monoisotopic (exact) mass is 699 g/mol. The number of fused-ring (bicyclic) bond motifs is 3. The first-order valence-corrected chi connectivity index (χ1v) is 17.9. The number of carbonyl (C=O) groups excluding carboxylic acids is 3. The highest BCUT2D eigenvalue weighted by Gasteiger charge is 2.46. The number of carbonyl (C=O) groups is 3. The fourth-order valence-corrected chi connectivity index (χ4v) is 8.12. The summed E-state index contributed by atoms with van der Waals surface area (Å²) in [5.41, 5.74) is 2.66. The van der Waals surface area contributed by atoms with Crippen LogP contribution in [0.5, 0.6) is 17.2 Å². The Bertz CT molecular complexity index is 1940. The molecule has 2 aromatic carbocycles. The molecule has 4 aliphatic rings. The molecule has 11 nitrogen and oxygen atoms in total. The van der Waals surface area contributed by atoms with Crippen LogP contribution in [0.15, 0.2) is 47.4 Å². The lowest BCUT2D eigenvalue weighted by Gasteiger charge is -2.35. The summed E-state index contributed by atoms with van der Waals surface area (Å²) in [5, 5.41) is 33.5. The number of aromatic nitrogens is 1. The molecule has 2 saturated carbocycles. The SMILES string of the molecule is CCOC(=O)C1=C(C=O)/C(=C2\C[C@H](CO)C(=O)[C@@H](c3ccc4[nH]ccc4c3)C2)c2c(c(CO)c3c(c2OC2CCCCC2)C[C@@H](C(C)(C)O)O3)O1. The summed E-state index contributed by atoms with van der Waals surface area (Å²) in [6, 6.07) is 7.69. The van der Waals surface area contributed by atoms with Gasteiger partial charge >= 0.3 is 5.97 Å². The first-order valence-electron chi connectivity index (χ1n) is 17.9. The van der Waals surface area contributed by atoms with Crippen LogP contribution in [0.3, 0.4) is 0 Å². The Morgan fingerprint density at radius 2 is 1.86 bits per heavy atom. The van der Waals surface area contributed by atoms with Gasteiger partial charge < -0.3 is 39.3 Å². The van der Waals surface area contributed by atoms with Gasteiger partial charge in [-0.1, -0.05) is 18.1 Å². The van der Waals surface area contributed by atoms with E-state index in [4.69, 9.17) is 18.9 Å². The Morgan fingerprint density at radius 1 is 1.08 bits per heavy atom. The summed E-state index contributed by atoms with van der Waals surface area (Å²) >= 11 is 0. The minimum Gasteiger partial charge on any atom is -0.489 e. The van der Waals surface area contributed by atoms with Crippen LogP contribution >= 0.6 is 0 Å². The van der Waals surface area contributed by atoms with E-state index < -0.39 is 42.7 Å². The molecule has 0 saturated heterocycles. The Morgan fingerprint density at radius 3 is 2.55 bits per heavy atom. The molecule has 2 aliphatic carbocycles. The predicted molar refractivity (Wildman–Crippen MR) is 187 cm³/mol. The van der Waals surface area contributed by atoms with Gasteiger partial charge in [-0.3, -0.25) is 9.59 Å². The number of H-pyrrole nitrogens is 1. The number of hydrogen-bond donors (Lipinski definition) is 4. The second-order valence-corrected chi connectivity index (χ2v) is 14.5. The summed E-state index contributed by atoms with van der Waals surface area (Å²) < 4.78 is 25.0. The number of allylic oxidation sites excluding steroid dienone is 3. The van der Waals surface area contributed by atoms with E-state index >= 15 is 0 Å². The zero-order valence-corrected chi connectivity index (χ0v) is 29.3. The molecule has 7 rings (SSSR count). The first-order chi connectivity index (χ1) is 24.6. The van der Waals surface area contributed by atoms with Crippen molar-refractivity contribution in [2.75, 3.05) is 13.2 Å². The Hall–Kier alpha value is -4.45. The molecule has 270 valence electrons. The molecule has 3 heterocycles. The Balaban J connectivity index is 1.51. The molecule has 3 atom stereocenters. The number of ketones is 1. The lowest BCUT2D eigenvalue weighted by Crippen LogP contribution is -2.39. The van der Waals surface area contributed by atoms with Crippen LogP contribution in [0.4, 0.5) is 0 Å². The third-order valence-electron chi connectivity index (χ3n) is 10.8. The summed E-state index contributed by atoms with van der Waals surface area (Å²) in [6.07, 6.45) is 6.80. The van der Waals surface area contributed by atoms with Gasteiger partial charge in [-0.2, -0.15) is 0 Å². The van der Waals surface area contributed by atoms with Gasteiger partial charge in [0.15, 0.2) is 6.29 Å². The van der Waals surface area contributed by atoms with Gasteiger partial charge in [-0.25, -0.2) is 4.79 Å². The Labute approximate surface area is 296 Å². The minimum atomic E-state index is -1.26. The van der Waals surface area contributed by atoms with Gasteiger partial charge in [0.25, 0.3) is 0 Å². The number of aliphatic hydroxyl groups is 3. The fourth-order valence-electron chi connectivity index (χ4n) is 8.12. The molecule has 2 aliphatic heterocycles. The van der Waals surface area contributed by atoms with Crippen LogP contribution in [-0.2, 0) is 32.1 Å². The zero-order chi connectivity index (χ0) is 36.0. The van der Waals surface area contributed by atoms with Gasteiger partial charge in [-0.05, 0) is 88.4 Å². The highest BCUT2D eigenvalue weighted by atomic mass is 16.6. The topological polar surface area (TPSA) is 165 Å². The molecule has 1 aromatic heterocycles. The number of esters is 1. The molecule has 0 unspecified atom stereocenters. The normalized spacial score (nSPS) is 23.8. The molecule has 0 amide bonds. The molecule has 11 heteroatoms. The van der Waals surface area contributed by atoms with Crippen molar-refractivity contribution in [2.45, 2.75) is 102 Å². The van der Waals surface area contributed by atoms with E-state index in [0.29, 0.717) is 40.1 Å². The molecule has 4 N–H and O–H groups in total. The average molecular weight is 700 g/mol. The van der Waals surface area contributed by atoms with Crippen LogP contribution in [0.25, 0.3) is 16.5 Å². The lowest BCUT2D eigenvalue weighted by atomic mass is 9.71. The van der Waals surface area contributed by atoms with Crippen molar-refractivity contribution < 1.29 is 48.7 Å². The van der Waals surface area contributed by atoms with Crippen LogP contribution in [0.2, 0.25) is 0 Å². The van der Waals surface area contributed by atoms with Crippen LogP contribution in [0.1, 0.15) is 93.9 Å². The summed E-state index contributed by atoms with van der Waals surface area (Å²) in [6.45, 7) is 4.01. The summed E-state index contributed by atoms with van der Waals surface area (Å²) in [7, 11) is 0. The van der Waals surface area contributed by atoms with Crippen molar-refractivity contribution in [1.29, 1.82) is 0 Å². The van der Waals surface area contributed by atoms with E-state index in [0.717, 1.165) is 48.6 Å². The van der Waals surface area contributed by atoms with Gasteiger partial charge in [0.2, 0.25) is 5.76 Å². The van der Waals surface area contributed by atoms with E-state index in [9.17, 15) is 29.7 Å². The second kappa shape index (κ2) is 13.9. The van der Waals surface area contributed by atoms with Crippen molar-refractivity contribution in [1.82, 2.24) is 4.98 Å². The van der Waals surface area contributed by atoms with Crippen LogP contribution in [-0.4, -0.2) is 69.4 Å². The molecule has 0 bridgehead atoms. The highest BCUT2D eigenvalue weighted by Crippen LogP contribution is 2.57. The van der Waals surface area contributed by atoms with Gasteiger partial charge in [0, 0.05) is 41.1 Å². The second-order valence-electron chi connectivity index (χ2n) is 14.5. The number of nitrogens with one attached hydrogen (secondary N) is 1. The van der Waals surface area contributed by atoms with E-state index in [-0.39, 0.29) is 60.4 Å². The maximum Gasteiger partial charge on any atom is 0.375 e. The van der Waals surface area contributed by atoms with Gasteiger partial charge in [0.1, 0.15) is 29.1 Å². The quantitative estimate of drug-likeness (QED) is 0.169. The Kier molecular flexibility index (Phi) is 9.56. The molecule has 0 spiro atoms. The highest BCUT2D eigenvalue weighted by molar-refractivity contribution is 6.11. The number of aromatic amines is 1. The first kappa shape index (κ1) is 35.0. The largest absolute Gasteiger partial charge is 0.489 e. The lowest BCUT2D eigenvalue weighted by molar-refractivity contribution is -0.141. The third-order valence-corrected chi connectivity index (χ3v) is 10.8. The molecule has 3 aromatic rings. The minimum absolute atomic E-state index is 0.0187. The number of benzene rings is 2. The maximum absolute atomic E-state index is 14.0. The summed E-state index contributed by atoms with van der Waals surface area (Å²) in [4.78, 5) is 43.9. The molecule has 0 radical (unpaired) electrons. The molecule has 51 heavy (non-hydrogen) atoms. The average Bonchev–Trinajstić information content (AvgIpc) is 3.79. The fraction of sp³-hybridized carbons (Fsp3) is 0.475. The van der Waals surface area contributed by atoms with Gasteiger partial charge in [-0.15, -0.1) is 0 Å². The van der Waals surface area contributed by atoms with Crippen molar-refractivity contribution in [2.24, 2.45) is 5.92 Å². The smallest absolute Gasteiger partial charge is 0.375 e. The van der Waals surface area contributed by atoms with Crippen LogP contribution < -0.4 is 14.2 Å². The predicted octanol–water partition coefficient (Wildman–Crippen LogP) is 5.36. The van der Waals surface area contributed by atoms with E-state index in [1.165, 1.54) is 0 Å². The van der Waals surface area contributed by atoms with Gasteiger partial charge in [0.05, 0.1) is 48.2 Å². The third kappa shape index (κ3) is 6.25. The van der Waals surface area contributed by atoms with E-state index in [2.05, 4.69) is 4.98 Å². The number of ether oxygens (including phenoxy) is 4. The number of aldehydes is 1. The van der Waals surface area contributed by atoms with E-state index in [1.807, 2.05) is 30.5 Å². The maximum atomic E-state index is 14.0. The van der Waals surface area contributed by atoms with Crippen molar-refractivity contribution in [3.63, 3.8) is 0 Å². The zero-order valence-electron chi connectivity index (χ0n) is 29.3. The molecular formula is C40H45NO10. The van der Waals surface area contributed by atoms with Crippen molar-refractivity contribution >= 4 is 34.5 Å². The standard InChI is InChI=1S/C40H45NO10/c1-4-48-39(46)38-28(19-43)32(23-15-24(18-42)34(45)26(16-23)21-10-11-30-22(14-21)12-13-41-30)33-36(49-25-8-6-5-7-9-25)27-17-31(40(2,3)47)50-35(27)29(20-44)37(33)51-38/h10-14,19,24-26,31,41-42,44,47H,4-9,15-18,20H2,1-3H3/b32-23-/t24-,26-,31+/m1/s1. The number of hydrogen-bond acceptors (Lipinski definition) is 10. The van der Waals surface area contributed by atoms with Crippen molar-refractivity contribution in [3.8, 4) is 17.2 Å². The number of aliphatic hydroxyl groups excluding tert-OH is 2. The van der Waals surface area contributed by atoms with Crippen molar-refractivity contribution in [3.05, 3.63) is 69.6 Å². The molecular weight excluding hydrogens is 654 g/mol. The molecule has 2 fully saturated rings.